The molecule has 1 aromatic carbocycles. The van der Waals surface area contributed by atoms with Crippen LogP contribution in [0.4, 0.5) is 0 Å². The van der Waals surface area contributed by atoms with Gasteiger partial charge in [0.1, 0.15) is 0 Å². The molecule has 0 heterocycles. The fraction of sp³-hybridized carbons (Fsp3) is 0.529. The number of hydrogen-bond donors (Lipinski definition) is 2. The normalized spacial score (nSPS) is 10.3. The quantitative estimate of drug-likeness (QED) is 0.719. The van der Waals surface area contributed by atoms with Crippen molar-refractivity contribution in [1.29, 1.82) is 0 Å². The Kier molecular flexibility index (Phi) is 8.22. The van der Waals surface area contributed by atoms with Crippen molar-refractivity contribution in [3.63, 3.8) is 0 Å². The van der Waals surface area contributed by atoms with Gasteiger partial charge in [0, 0.05) is 26.2 Å². The van der Waals surface area contributed by atoms with Crippen LogP contribution in [0.5, 0.6) is 0 Å². The molecule has 0 aromatic heterocycles. The van der Waals surface area contributed by atoms with Crippen molar-refractivity contribution in [2.45, 2.75) is 46.2 Å². The number of nitrogens with zero attached hydrogens (tertiary/aromatic N) is 1. The van der Waals surface area contributed by atoms with E-state index in [0.717, 1.165) is 30.4 Å². The van der Waals surface area contributed by atoms with Crippen LogP contribution in [0.2, 0.25) is 0 Å². The van der Waals surface area contributed by atoms with Gasteiger partial charge >= 0.3 is 11.8 Å². The number of nitrogens with one attached hydrogen (secondary N) is 1. The van der Waals surface area contributed by atoms with Crippen LogP contribution in [0.25, 0.3) is 0 Å². The Labute approximate surface area is 132 Å². The van der Waals surface area contributed by atoms with E-state index in [-0.39, 0.29) is 0 Å². The lowest BCUT2D eigenvalue weighted by Gasteiger charge is -2.21. The van der Waals surface area contributed by atoms with Gasteiger partial charge in [-0.2, -0.15) is 0 Å². The SMILES string of the molecule is CCCCN(CCC)C(=O)C(=O)NCc1cccc(CN)c1. The molecule has 0 aliphatic carbocycles. The zero-order chi connectivity index (χ0) is 16.4. The highest BCUT2D eigenvalue weighted by Gasteiger charge is 2.20. The molecule has 0 saturated carbocycles. The molecule has 22 heavy (non-hydrogen) atoms. The topological polar surface area (TPSA) is 75.4 Å². The fourth-order valence-corrected chi connectivity index (χ4v) is 2.20. The van der Waals surface area contributed by atoms with Gasteiger partial charge in [0.2, 0.25) is 0 Å². The summed E-state index contributed by atoms with van der Waals surface area (Å²) < 4.78 is 0. The Morgan fingerprint density at radius 3 is 2.50 bits per heavy atom. The van der Waals surface area contributed by atoms with Crippen molar-refractivity contribution in [1.82, 2.24) is 10.2 Å². The average molecular weight is 305 g/mol. The molecule has 0 fully saturated rings. The molecule has 1 aromatic rings. The summed E-state index contributed by atoms with van der Waals surface area (Å²) in [6.07, 6.45) is 2.76. The zero-order valence-corrected chi connectivity index (χ0v) is 13.6. The summed E-state index contributed by atoms with van der Waals surface area (Å²) in [6, 6.07) is 7.68. The first-order chi connectivity index (χ1) is 10.6. The summed E-state index contributed by atoms with van der Waals surface area (Å²) in [5, 5.41) is 2.69. The average Bonchev–Trinajstić information content (AvgIpc) is 2.56. The number of unbranched alkanes of at least 4 members (excludes halogenated alkanes) is 1. The number of amides is 2. The Morgan fingerprint density at radius 2 is 1.86 bits per heavy atom. The lowest BCUT2D eigenvalue weighted by atomic mass is 10.1. The summed E-state index contributed by atoms with van der Waals surface area (Å²) in [4.78, 5) is 25.8. The Balaban J connectivity index is 2.56. The number of rotatable bonds is 8. The van der Waals surface area contributed by atoms with Gasteiger partial charge in [-0.25, -0.2) is 0 Å². The molecule has 5 nitrogen and oxygen atoms in total. The maximum Gasteiger partial charge on any atom is 0.311 e. The second-order valence-electron chi connectivity index (χ2n) is 5.35. The number of benzene rings is 1. The third kappa shape index (κ3) is 5.85. The van der Waals surface area contributed by atoms with Gasteiger partial charge in [-0.05, 0) is 24.0 Å². The van der Waals surface area contributed by atoms with Crippen molar-refractivity contribution in [3.8, 4) is 0 Å². The van der Waals surface area contributed by atoms with Crippen molar-refractivity contribution in [2.75, 3.05) is 13.1 Å². The van der Waals surface area contributed by atoms with Gasteiger partial charge in [0.25, 0.3) is 0 Å². The number of carbonyl (C=O) groups excluding carboxylic acids is 2. The maximum atomic E-state index is 12.2. The van der Waals surface area contributed by atoms with Crippen LogP contribution in [0.1, 0.15) is 44.2 Å². The zero-order valence-electron chi connectivity index (χ0n) is 13.6. The molecule has 0 atom stereocenters. The smallest absolute Gasteiger partial charge is 0.311 e. The molecule has 5 heteroatoms. The molecule has 0 radical (unpaired) electrons. The van der Waals surface area contributed by atoms with Crippen LogP contribution in [-0.4, -0.2) is 29.8 Å². The standard InChI is InChI=1S/C17H27N3O2/c1-3-5-10-20(9-4-2)17(22)16(21)19-13-15-8-6-7-14(11-15)12-18/h6-8,11H,3-5,9-10,12-13,18H2,1-2H3,(H,19,21). The number of carbonyl (C=O) groups is 2. The summed E-state index contributed by atoms with van der Waals surface area (Å²) >= 11 is 0. The summed E-state index contributed by atoms with van der Waals surface area (Å²) in [6.45, 7) is 6.13. The molecule has 0 unspecified atom stereocenters. The van der Waals surface area contributed by atoms with Crippen LogP contribution in [0.15, 0.2) is 24.3 Å². The number of hydrogen-bond acceptors (Lipinski definition) is 3. The molecule has 0 aliphatic rings. The fourth-order valence-electron chi connectivity index (χ4n) is 2.20. The second kappa shape index (κ2) is 9.95. The Bertz CT molecular complexity index is 489. The first-order valence-electron chi connectivity index (χ1n) is 7.97. The van der Waals surface area contributed by atoms with Crippen molar-refractivity contribution < 1.29 is 9.59 Å². The largest absolute Gasteiger partial charge is 0.344 e. The van der Waals surface area contributed by atoms with E-state index in [1.807, 2.05) is 31.2 Å². The van der Waals surface area contributed by atoms with E-state index in [1.54, 1.807) is 4.90 Å². The predicted octanol–water partition coefficient (Wildman–Crippen LogP) is 1.80. The molecule has 122 valence electrons. The molecule has 3 N–H and O–H groups in total. The molecular weight excluding hydrogens is 278 g/mol. The highest BCUT2D eigenvalue weighted by Crippen LogP contribution is 2.04. The van der Waals surface area contributed by atoms with Gasteiger partial charge in [0.05, 0.1) is 0 Å². The van der Waals surface area contributed by atoms with Crippen molar-refractivity contribution >= 4 is 11.8 Å². The molecule has 1 rings (SSSR count). The van der Waals surface area contributed by atoms with Crippen LogP contribution in [0, 0.1) is 0 Å². The minimum Gasteiger partial charge on any atom is -0.344 e. The van der Waals surface area contributed by atoms with E-state index in [0.29, 0.717) is 26.2 Å². The van der Waals surface area contributed by atoms with E-state index in [1.165, 1.54) is 0 Å². The van der Waals surface area contributed by atoms with E-state index in [4.69, 9.17) is 5.73 Å². The molecule has 2 amide bonds. The van der Waals surface area contributed by atoms with Crippen LogP contribution >= 0.6 is 0 Å². The minimum atomic E-state index is -0.539. The van der Waals surface area contributed by atoms with Gasteiger partial charge in [-0.3, -0.25) is 9.59 Å². The van der Waals surface area contributed by atoms with Crippen molar-refractivity contribution in [3.05, 3.63) is 35.4 Å². The minimum absolute atomic E-state index is 0.339. The van der Waals surface area contributed by atoms with Gasteiger partial charge in [-0.1, -0.05) is 44.5 Å². The first kappa shape index (κ1) is 18.2. The van der Waals surface area contributed by atoms with Crippen molar-refractivity contribution in [2.24, 2.45) is 5.73 Å². The molecule has 0 aliphatic heterocycles. The van der Waals surface area contributed by atoms with Crippen LogP contribution < -0.4 is 11.1 Å². The molecule has 0 saturated heterocycles. The Morgan fingerprint density at radius 1 is 1.14 bits per heavy atom. The highest BCUT2D eigenvalue weighted by molar-refractivity contribution is 6.34. The first-order valence-corrected chi connectivity index (χ1v) is 7.97. The third-order valence-electron chi connectivity index (χ3n) is 3.44. The molecule has 0 spiro atoms. The lowest BCUT2D eigenvalue weighted by Crippen LogP contribution is -2.43. The highest BCUT2D eigenvalue weighted by atomic mass is 16.2. The van der Waals surface area contributed by atoms with Gasteiger partial charge < -0.3 is 16.0 Å². The summed E-state index contributed by atoms with van der Waals surface area (Å²) in [7, 11) is 0. The van der Waals surface area contributed by atoms with Gasteiger partial charge in [-0.15, -0.1) is 0 Å². The lowest BCUT2D eigenvalue weighted by molar-refractivity contribution is -0.146. The van der Waals surface area contributed by atoms with E-state index < -0.39 is 11.8 Å². The maximum absolute atomic E-state index is 12.2. The predicted molar refractivity (Wildman–Crippen MR) is 88.0 cm³/mol. The molecule has 0 bridgehead atoms. The number of nitrogens with two attached hydrogens (primary N) is 1. The molecular formula is C17H27N3O2. The third-order valence-corrected chi connectivity index (χ3v) is 3.44. The monoisotopic (exact) mass is 305 g/mol. The Hall–Kier alpha value is -1.88. The summed E-state index contributed by atoms with van der Waals surface area (Å²) in [5.74, 6) is -0.979. The van der Waals surface area contributed by atoms with E-state index in [9.17, 15) is 9.59 Å². The van der Waals surface area contributed by atoms with Gasteiger partial charge in [0.15, 0.2) is 0 Å². The second-order valence-corrected chi connectivity index (χ2v) is 5.35. The summed E-state index contributed by atoms with van der Waals surface area (Å²) in [5.41, 5.74) is 7.55. The van der Waals surface area contributed by atoms with E-state index in [2.05, 4.69) is 12.2 Å². The van der Waals surface area contributed by atoms with Crippen LogP contribution in [-0.2, 0) is 22.7 Å². The van der Waals surface area contributed by atoms with E-state index >= 15 is 0 Å². The van der Waals surface area contributed by atoms with Crippen LogP contribution in [0.3, 0.4) is 0 Å².